The Morgan fingerprint density at radius 1 is 1.45 bits per heavy atom. The van der Waals surface area contributed by atoms with Crippen LogP contribution in [0.15, 0.2) is 15.9 Å². The summed E-state index contributed by atoms with van der Waals surface area (Å²) in [4.78, 5) is 0.337. The van der Waals surface area contributed by atoms with E-state index >= 15 is 0 Å². The van der Waals surface area contributed by atoms with Gasteiger partial charge in [-0.25, -0.2) is 0 Å². The molecule has 0 saturated carbocycles. The first-order valence-corrected chi connectivity index (χ1v) is 4.44. The normalized spacial score (nSPS) is 12.0. The van der Waals surface area contributed by atoms with Crippen LogP contribution >= 0.6 is 27.3 Å². The molecule has 0 unspecified atom stereocenters. The highest BCUT2D eigenvalue weighted by molar-refractivity contribution is 9.10. The van der Waals surface area contributed by atoms with Crippen LogP contribution in [0, 0.1) is 0 Å². The summed E-state index contributed by atoms with van der Waals surface area (Å²) in [5.74, 6) is 0. The number of halogens is 4. The second kappa shape index (κ2) is 3.15. The molecule has 1 aromatic heterocycles. The molecule has 0 spiro atoms. The maximum absolute atomic E-state index is 11.7. The fourth-order valence-electron chi connectivity index (χ4n) is 0.644. The van der Waals surface area contributed by atoms with E-state index in [2.05, 4.69) is 15.9 Å². The van der Waals surface area contributed by atoms with E-state index < -0.39 is 12.6 Å². The lowest BCUT2D eigenvalue weighted by atomic mass is 10.3. The van der Waals surface area contributed by atoms with Crippen LogP contribution in [0.5, 0.6) is 0 Å². The minimum Gasteiger partial charge on any atom is -0.171 e. The summed E-state index contributed by atoms with van der Waals surface area (Å²) in [6, 6.07) is 1.48. The summed E-state index contributed by atoms with van der Waals surface area (Å²) in [5.41, 5.74) is 0. The molecule has 0 aromatic carbocycles. The van der Waals surface area contributed by atoms with Crippen molar-refractivity contribution in [2.45, 2.75) is 12.6 Å². The number of rotatable bonds is 1. The van der Waals surface area contributed by atoms with Gasteiger partial charge >= 0.3 is 6.18 Å². The molecule has 0 atom stereocenters. The fraction of sp³-hybridized carbons (Fsp3) is 0.333. The Hall–Kier alpha value is -0.0300. The molecule has 0 radical (unpaired) electrons. The lowest BCUT2D eigenvalue weighted by Gasteiger charge is -2.01. The monoisotopic (exact) mass is 244 g/mol. The maximum atomic E-state index is 11.7. The van der Waals surface area contributed by atoms with E-state index in [0.29, 0.717) is 9.35 Å². The topological polar surface area (TPSA) is 0 Å². The van der Waals surface area contributed by atoms with Crippen molar-refractivity contribution in [1.82, 2.24) is 0 Å². The van der Waals surface area contributed by atoms with Gasteiger partial charge in [0, 0.05) is 14.7 Å². The van der Waals surface area contributed by atoms with Crippen molar-refractivity contribution in [1.29, 1.82) is 0 Å². The van der Waals surface area contributed by atoms with Crippen molar-refractivity contribution >= 4 is 27.3 Å². The highest BCUT2D eigenvalue weighted by atomic mass is 79.9. The van der Waals surface area contributed by atoms with Gasteiger partial charge in [0.15, 0.2) is 0 Å². The van der Waals surface area contributed by atoms with Crippen LogP contribution < -0.4 is 0 Å². The molecule has 0 fully saturated rings. The van der Waals surface area contributed by atoms with Crippen molar-refractivity contribution in [3.63, 3.8) is 0 Å². The predicted molar refractivity (Wildman–Crippen MR) is 41.8 cm³/mol. The van der Waals surface area contributed by atoms with Gasteiger partial charge in [0.2, 0.25) is 0 Å². The zero-order valence-corrected chi connectivity index (χ0v) is 7.68. The third-order valence-corrected chi connectivity index (χ3v) is 2.69. The Morgan fingerprint density at radius 3 is 2.45 bits per heavy atom. The molecule has 0 aliphatic carbocycles. The number of alkyl halides is 3. The van der Waals surface area contributed by atoms with Gasteiger partial charge in [0.1, 0.15) is 0 Å². The van der Waals surface area contributed by atoms with Crippen molar-refractivity contribution < 1.29 is 13.2 Å². The SMILES string of the molecule is FC(F)(F)Cc1cc(Br)cs1. The van der Waals surface area contributed by atoms with E-state index in [-0.39, 0.29) is 0 Å². The Morgan fingerprint density at radius 2 is 2.09 bits per heavy atom. The zero-order valence-electron chi connectivity index (χ0n) is 5.28. The van der Waals surface area contributed by atoms with Crippen LogP contribution in [0.2, 0.25) is 0 Å². The molecule has 1 rings (SSSR count). The van der Waals surface area contributed by atoms with Gasteiger partial charge in [-0.15, -0.1) is 11.3 Å². The average molecular weight is 245 g/mol. The molecule has 0 nitrogen and oxygen atoms in total. The second-order valence-corrected chi connectivity index (χ2v) is 3.93. The highest BCUT2D eigenvalue weighted by Crippen LogP contribution is 2.27. The first-order valence-electron chi connectivity index (χ1n) is 2.77. The summed E-state index contributed by atoms with van der Waals surface area (Å²) >= 11 is 4.19. The van der Waals surface area contributed by atoms with Crippen molar-refractivity contribution in [3.05, 3.63) is 20.8 Å². The second-order valence-electron chi connectivity index (χ2n) is 2.02. The van der Waals surface area contributed by atoms with Gasteiger partial charge in [-0.05, 0) is 22.0 Å². The van der Waals surface area contributed by atoms with E-state index in [1.807, 2.05) is 0 Å². The third-order valence-electron chi connectivity index (χ3n) is 0.996. The molecule has 0 N–H and O–H groups in total. The molecule has 0 bridgehead atoms. The van der Waals surface area contributed by atoms with E-state index in [9.17, 15) is 13.2 Å². The summed E-state index contributed by atoms with van der Waals surface area (Å²) in [5, 5.41) is 1.64. The molecule has 0 amide bonds. The van der Waals surface area contributed by atoms with E-state index in [1.165, 1.54) is 6.07 Å². The van der Waals surface area contributed by atoms with Crippen molar-refractivity contribution in [2.24, 2.45) is 0 Å². The summed E-state index contributed by atoms with van der Waals surface area (Å²) < 4.78 is 35.9. The fourth-order valence-corrected chi connectivity index (χ4v) is 2.13. The van der Waals surface area contributed by atoms with Crippen LogP contribution in [0.4, 0.5) is 13.2 Å². The molecule has 1 heterocycles. The lowest BCUT2D eigenvalue weighted by Crippen LogP contribution is -2.09. The predicted octanol–water partition coefficient (Wildman–Crippen LogP) is 3.62. The third kappa shape index (κ3) is 3.25. The van der Waals surface area contributed by atoms with Gasteiger partial charge in [-0.1, -0.05) is 0 Å². The van der Waals surface area contributed by atoms with E-state index in [1.54, 1.807) is 5.38 Å². The minimum absolute atomic E-state index is 0.337. The molecule has 5 heteroatoms. The van der Waals surface area contributed by atoms with Crippen molar-refractivity contribution in [3.8, 4) is 0 Å². The van der Waals surface area contributed by atoms with Crippen molar-refractivity contribution in [2.75, 3.05) is 0 Å². The van der Waals surface area contributed by atoms with Crippen LogP contribution in [0.25, 0.3) is 0 Å². The molecule has 62 valence electrons. The van der Waals surface area contributed by atoms with Crippen LogP contribution in [-0.4, -0.2) is 6.18 Å². The Labute approximate surface area is 74.2 Å². The van der Waals surface area contributed by atoms with Crippen LogP contribution in [0.3, 0.4) is 0 Å². The Bertz CT molecular complexity index is 240. The van der Waals surface area contributed by atoms with Gasteiger partial charge in [0.05, 0.1) is 6.42 Å². The average Bonchev–Trinajstić information content (AvgIpc) is 2.10. The quantitative estimate of drug-likeness (QED) is 0.708. The molecule has 11 heavy (non-hydrogen) atoms. The highest BCUT2D eigenvalue weighted by Gasteiger charge is 2.28. The molecule has 0 aliphatic heterocycles. The number of thiophene rings is 1. The lowest BCUT2D eigenvalue weighted by molar-refractivity contribution is -0.126. The Kier molecular flexibility index (Phi) is 2.59. The Balaban J connectivity index is 2.65. The number of hydrogen-bond acceptors (Lipinski definition) is 1. The van der Waals surface area contributed by atoms with Gasteiger partial charge in [0.25, 0.3) is 0 Å². The van der Waals surface area contributed by atoms with Crippen LogP contribution in [-0.2, 0) is 6.42 Å². The van der Waals surface area contributed by atoms with Gasteiger partial charge in [-0.3, -0.25) is 0 Å². The van der Waals surface area contributed by atoms with Gasteiger partial charge in [-0.2, -0.15) is 13.2 Å². The zero-order chi connectivity index (χ0) is 8.48. The minimum atomic E-state index is -4.09. The van der Waals surface area contributed by atoms with Crippen LogP contribution in [0.1, 0.15) is 4.88 Å². The summed E-state index contributed by atoms with van der Waals surface area (Å²) in [6.45, 7) is 0. The molecule has 0 saturated heterocycles. The largest absolute Gasteiger partial charge is 0.393 e. The molecule has 0 aliphatic rings. The summed E-state index contributed by atoms with van der Waals surface area (Å²) in [6.07, 6.45) is -4.92. The molecular formula is C6H4BrF3S. The number of hydrogen-bond donors (Lipinski definition) is 0. The van der Waals surface area contributed by atoms with E-state index in [0.717, 1.165) is 11.3 Å². The maximum Gasteiger partial charge on any atom is 0.393 e. The first kappa shape index (κ1) is 9.06. The van der Waals surface area contributed by atoms with E-state index in [4.69, 9.17) is 0 Å². The smallest absolute Gasteiger partial charge is 0.171 e. The molecular weight excluding hydrogens is 241 g/mol. The molecule has 1 aromatic rings. The first-order chi connectivity index (χ1) is 4.97. The summed E-state index contributed by atoms with van der Waals surface area (Å²) in [7, 11) is 0. The van der Waals surface area contributed by atoms with Gasteiger partial charge < -0.3 is 0 Å². The standard InChI is InChI=1S/C6H4BrF3S/c7-4-1-5(11-3-4)2-6(8,9)10/h1,3H,2H2.